The zero-order chi connectivity index (χ0) is 13.7. The summed E-state index contributed by atoms with van der Waals surface area (Å²) < 4.78 is 0. The molecular weight excluding hydrogens is 236 g/mol. The zero-order valence-electron chi connectivity index (χ0n) is 11.1. The maximum absolute atomic E-state index is 11.3. The van der Waals surface area contributed by atoms with Gasteiger partial charge in [-0.3, -0.25) is 0 Å². The number of unbranched alkanes of at least 4 members (excludes halogenated alkanes) is 1. The van der Waals surface area contributed by atoms with Gasteiger partial charge in [-0.1, -0.05) is 55.8 Å². The molecule has 2 nitrogen and oxygen atoms in total. The van der Waals surface area contributed by atoms with Crippen LogP contribution in [0.4, 0.5) is 0 Å². The van der Waals surface area contributed by atoms with Crippen LogP contribution in [0.15, 0.2) is 48.5 Å². The van der Waals surface area contributed by atoms with Gasteiger partial charge in [0, 0.05) is 0 Å². The lowest BCUT2D eigenvalue weighted by Gasteiger charge is -2.11. The third kappa shape index (κ3) is 3.02. The van der Waals surface area contributed by atoms with Gasteiger partial charge in [0.2, 0.25) is 0 Å². The van der Waals surface area contributed by atoms with E-state index in [2.05, 4.69) is 13.0 Å². The molecule has 0 heterocycles. The first-order valence-electron chi connectivity index (χ1n) is 6.64. The Morgan fingerprint density at radius 1 is 1.00 bits per heavy atom. The van der Waals surface area contributed by atoms with Crippen molar-refractivity contribution in [1.29, 1.82) is 0 Å². The van der Waals surface area contributed by atoms with Gasteiger partial charge in [-0.2, -0.15) is 0 Å². The van der Waals surface area contributed by atoms with E-state index in [1.54, 1.807) is 12.1 Å². The highest BCUT2D eigenvalue weighted by molar-refractivity contribution is 5.96. The van der Waals surface area contributed by atoms with Crippen molar-refractivity contribution in [3.63, 3.8) is 0 Å². The van der Waals surface area contributed by atoms with E-state index in [0.29, 0.717) is 5.56 Å². The van der Waals surface area contributed by atoms with Crippen LogP contribution >= 0.6 is 0 Å². The first-order chi connectivity index (χ1) is 9.24. The van der Waals surface area contributed by atoms with Gasteiger partial charge in [-0.25, -0.2) is 4.79 Å². The molecular formula is C17H18O2. The fourth-order valence-corrected chi connectivity index (χ4v) is 2.27. The fourth-order valence-electron chi connectivity index (χ4n) is 2.27. The maximum Gasteiger partial charge on any atom is 0.336 e. The van der Waals surface area contributed by atoms with Crippen molar-refractivity contribution in [1.82, 2.24) is 0 Å². The van der Waals surface area contributed by atoms with Crippen LogP contribution in [-0.2, 0) is 6.42 Å². The first-order valence-corrected chi connectivity index (χ1v) is 6.64. The third-order valence-electron chi connectivity index (χ3n) is 3.26. The van der Waals surface area contributed by atoms with Crippen molar-refractivity contribution < 1.29 is 9.90 Å². The molecule has 0 radical (unpaired) electrons. The summed E-state index contributed by atoms with van der Waals surface area (Å²) in [6.45, 7) is 2.16. The number of benzene rings is 2. The molecule has 2 heteroatoms. The second-order valence-electron chi connectivity index (χ2n) is 4.61. The van der Waals surface area contributed by atoms with E-state index in [-0.39, 0.29) is 0 Å². The zero-order valence-corrected chi connectivity index (χ0v) is 11.1. The lowest BCUT2D eigenvalue weighted by Crippen LogP contribution is -2.00. The Labute approximate surface area is 113 Å². The predicted octanol–water partition coefficient (Wildman–Crippen LogP) is 4.39. The van der Waals surface area contributed by atoms with Crippen molar-refractivity contribution in [2.45, 2.75) is 26.2 Å². The molecule has 0 aliphatic heterocycles. The second kappa shape index (κ2) is 6.19. The van der Waals surface area contributed by atoms with E-state index in [0.717, 1.165) is 30.4 Å². The standard InChI is InChI=1S/C17H18O2/c1-2-3-8-13-9-4-5-10-14(13)15-11-6-7-12-16(15)17(18)19/h4-7,9-12H,2-3,8H2,1H3,(H,18,19). The van der Waals surface area contributed by atoms with E-state index < -0.39 is 5.97 Å². The quantitative estimate of drug-likeness (QED) is 0.859. The summed E-state index contributed by atoms with van der Waals surface area (Å²) in [5, 5.41) is 9.29. The van der Waals surface area contributed by atoms with Crippen LogP contribution in [0, 0.1) is 0 Å². The number of aromatic carboxylic acids is 1. The molecule has 0 bridgehead atoms. The summed E-state index contributed by atoms with van der Waals surface area (Å²) in [5.74, 6) is -0.874. The summed E-state index contributed by atoms with van der Waals surface area (Å²) in [6, 6.07) is 15.3. The van der Waals surface area contributed by atoms with E-state index in [9.17, 15) is 9.90 Å². The first kappa shape index (κ1) is 13.3. The van der Waals surface area contributed by atoms with Crippen LogP contribution in [0.5, 0.6) is 0 Å². The van der Waals surface area contributed by atoms with Gasteiger partial charge in [-0.05, 0) is 35.6 Å². The minimum absolute atomic E-state index is 0.367. The molecule has 98 valence electrons. The third-order valence-corrected chi connectivity index (χ3v) is 3.26. The van der Waals surface area contributed by atoms with Crippen molar-refractivity contribution in [2.75, 3.05) is 0 Å². The minimum Gasteiger partial charge on any atom is -0.478 e. The van der Waals surface area contributed by atoms with Crippen LogP contribution < -0.4 is 0 Å². The number of rotatable bonds is 5. The average molecular weight is 254 g/mol. The highest BCUT2D eigenvalue weighted by Gasteiger charge is 2.13. The summed E-state index contributed by atoms with van der Waals surface area (Å²) in [5.41, 5.74) is 3.43. The van der Waals surface area contributed by atoms with Crippen molar-refractivity contribution in [2.24, 2.45) is 0 Å². The Morgan fingerprint density at radius 3 is 2.32 bits per heavy atom. The Bertz CT molecular complexity index is 573. The van der Waals surface area contributed by atoms with Gasteiger partial charge in [-0.15, -0.1) is 0 Å². The number of carboxylic acids is 1. The molecule has 0 unspecified atom stereocenters. The lowest BCUT2D eigenvalue weighted by atomic mass is 9.93. The highest BCUT2D eigenvalue weighted by atomic mass is 16.4. The highest BCUT2D eigenvalue weighted by Crippen LogP contribution is 2.28. The molecule has 0 saturated heterocycles. The van der Waals surface area contributed by atoms with Gasteiger partial charge in [0.05, 0.1) is 5.56 Å². The second-order valence-corrected chi connectivity index (χ2v) is 4.61. The molecule has 2 rings (SSSR count). The smallest absolute Gasteiger partial charge is 0.336 e. The molecule has 2 aromatic rings. The van der Waals surface area contributed by atoms with E-state index in [4.69, 9.17) is 0 Å². The average Bonchev–Trinajstić information content (AvgIpc) is 2.45. The summed E-state index contributed by atoms with van der Waals surface area (Å²) >= 11 is 0. The van der Waals surface area contributed by atoms with Crippen LogP contribution in [0.3, 0.4) is 0 Å². The molecule has 1 N–H and O–H groups in total. The largest absolute Gasteiger partial charge is 0.478 e. The van der Waals surface area contributed by atoms with E-state index >= 15 is 0 Å². The lowest BCUT2D eigenvalue weighted by molar-refractivity contribution is 0.0697. The SMILES string of the molecule is CCCCc1ccccc1-c1ccccc1C(=O)O. The Hall–Kier alpha value is -2.09. The molecule has 0 atom stereocenters. The van der Waals surface area contributed by atoms with Crippen LogP contribution in [0.1, 0.15) is 35.7 Å². The number of hydrogen-bond acceptors (Lipinski definition) is 1. The molecule has 2 aromatic carbocycles. The molecule has 0 saturated carbocycles. The predicted molar refractivity (Wildman–Crippen MR) is 77.4 cm³/mol. The normalized spacial score (nSPS) is 10.4. The summed E-state index contributed by atoms with van der Waals surface area (Å²) in [6.07, 6.45) is 3.24. The van der Waals surface area contributed by atoms with Crippen LogP contribution in [0.2, 0.25) is 0 Å². The van der Waals surface area contributed by atoms with Gasteiger partial charge in [0.25, 0.3) is 0 Å². The number of carboxylic acid groups (broad SMARTS) is 1. The molecule has 0 fully saturated rings. The number of carbonyl (C=O) groups is 1. The molecule has 0 spiro atoms. The van der Waals surface area contributed by atoms with Crippen LogP contribution in [-0.4, -0.2) is 11.1 Å². The topological polar surface area (TPSA) is 37.3 Å². The Morgan fingerprint density at radius 2 is 1.63 bits per heavy atom. The molecule has 0 amide bonds. The summed E-state index contributed by atoms with van der Waals surface area (Å²) in [7, 11) is 0. The van der Waals surface area contributed by atoms with Crippen molar-refractivity contribution >= 4 is 5.97 Å². The van der Waals surface area contributed by atoms with Gasteiger partial charge >= 0.3 is 5.97 Å². The van der Waals surface area contributed by atoms with Crippen molar-refractivity contribution in [3.8, 4) is 11.1 Å². The van der Waals surface area contributed by atoms with Gasteiger partial charge < -0.3 is 5.11 Å². The number of hydrogen-bond donors (Lipinski definition) is 1. The monoisotopic (exact) mass is 254 g/mol. The molecule has 0 aromatic heterocycles. The van der Waals surface area contributed by atoms with Gasteiger partial charge in [0.1, 0.15) is 0 Å². The maximum atomic E-state index is 11.3. The molecule has 0 aliphatic rings. The fraction of sp³-hybridized carbons (Fsp3) is 0.235. The van der Waals surface area contributed by atoms with Crippen LogP contribution in [0.25, 0.3) is 11.1 Å². The van der Waals surface area contributed by atoms with Gasteiger partial charge in [0.15, 0.2) is 0 Å². The van der Waals surface area contributed by atoms with Crippen molar-refractivity contribution in [3.05, 3.63) is 59.7 Å². The van der Waals surface area contributed by atoms with E-state index in [1.165, 1.54) is 5.56 Å². The molecule has 0 aliphatic carbocycles. The minimum atomic E-state index is -0.874. The summed E-state index contributed by atoms with van der Waals surface area (Å²) in [4.78, 5) is 11.3. The van der Waals surface area contributed by atoms with E-state index in [1.807, 2.05) is 30.3 Å². The Balaban J connectivity index is 2.50. The number of aryl methyl sites for hydroxylation is 1. The molecule has 19 heavy (non-hydrogen) atoms. The Kier molecular flexibility index (Phi) is 4.35.